The molecule has 0 saturated carbocycles. The molecule has 1 fully saturated rings. The summed E-state index contributed by atoms with van der Waals surface area (Å²) >= 11 is 1.15. The second-order valence-corrected chi connectivity index (χ2v) is 4.52. The van der Waals surface area contributed by atoms with E-state index in [1.807, 2.05) is 0 Å². The maximum atomic E-state index is 12.0. The Morgan fingerprint density at radius 3 is 2.69 bits per heavy atom. The van der Waals surface area contributed by atoms with Crippen LogP contribution in [-0.4, -0.2) is 35.0 Å². The first-order valence-electron chi connectivity index (χ1n) is 5.05. The minimum atomic E-state index is -0.627. The normalized spacial score (nSPS) is 15.2. The van der Waals surface area contributed by atoms with Gasteiger partial charge in [-0.15, -0.1) is 11.3 Å². The van der Waals surface area contributed by atoms with Crippen molar-refractivity contribution in [3.63, 3.8) is 0 Å². The van der Waals surface area contributed by atoms with Gasteiger partial charge in [0.15, 0.2) is 0 Å². The summed E-state index contributed by atoms with van der Waals surface area (Å²) < 4.78 is 0. The van der Waals surface area contributed by atoms with Gasteiger partial charge in [0.1, 0.15) is 4.88 Å². The maximum Gasteiger partial charge on any atom is 0.285 e. The van der Waals surface area contributed by atoms with Gasteiger partial charge in [-0.2, -0.15) is 0 Å². The third-order valence-corrected chi connectivity index (χ3v) is 3.51. The van der Waals surface area contributed by atoms with Gasteiger partial charge < -0.3 is 4.90 Å². The molecule has 16 heavy (non-hydrogen) atoms. The number of thiophene rings is 1. The average Bonchev–Trinajstić information content (AvgIpc) is 2.97. The Morgan fingerprint density at radius 2 is 2.06 bits per heavy atom. The highest BCUT2D eigenvalue weighted by Crippen LogP contribution is 2.20. The van der Waals surface area contributed by atoms with Gasteiger partial charge in [-0.3, -0.25) is 14.8 Å². The van der Waals surface area contributed by atoms with Gasteiger partial charge in [0.05, 0.1) is 5.56 Å². The molecule has 6 heteroatoms. The van der Waals surface area contributed by atoms with Gasteiger partial charge in [-0.05, 0) is 24.3 Å². The van der Waals surface area contributed by atoms with Crippen molar-refractivity contribution in [2.24, 2.45) is 0 Å². The molecular weight excluding hydrogens is 228 g/mol. The van der Waals surface area contributed by atoms with Gasteiger partial charge in [0, 0.05) is 13.1 Å². The van der Waals surface area contributed by atoms with Crippen LogP contribution in [0.4, 0.5) is 0 Å². The Bertz CT molecular complexity index is 410. The Balaban J connectivity index is 2.22. The van der Waals surface area contributed by atoms with Crippen LogP contribution in [0.25, 0.3) is 0 Å². The summed E-state index contributed by atoms with van der Waals surface area (Å²) in [5.41, 5.74) is 1.93. The molecule has 0 unspecified atom stereocenters. The van der Waals surface area contributed by atoms with E-state index in [0.717, 1.165) is 37.3 Å². The Labute approximate surface area is 96.6 Å². The van der Waals surface area contributed by atoms with Gasteiger partial charge >= 0.3 is 0 Å². The quantitative estimate of drug-likeness (QED) is 0.601. The topological polar surface area (TPSA) is 69.6 Å². The lowest BCUT2D eigenvalue weighted by molar-refractivity contribution is 0.0698. The SMILES string of the molecule is O=C(NO)c1sccc1C(=O)N1CCCC1. The first-order chi connectivity index (χ1) is 7.74. The molecule has 0 aromatic carbocycles. The Hall–Kier alpha value is -1.40. The molecule has 0 aliphatic carbocycles. The fourth-order valence-corrected chi connectivity index (χ4v) is 2.57. The molecular formula is C10H12N2O3S. The van der Waals surface area contributed by atoms with Crippen molar-refractivity contribution in [2.45, 2.75) is 12.8 Å². The molecule has 2 rings (SSSR count). The molecule has 1 aromatic heterocycles. The third-order valence-electron chi connectivity index (χ3n) is 2.60. The van der Waals surface area contributed by atoms with E-state index in [0.29, 0.717) is 5.56 Å². The van der Waals surface area contributed by atoms with Crippen molar-refractivity contribution in [1.82, 2.24) is 10.4 Å². The fourth-order valence-electron chi connectivity index (χ4n) is 1.79. The molecule has 1 aliphatic rings. The number of carbonyl (C=O) groups is 2. The minimum absolute atomic E-state index is 0.127. The molecule has 0 atom stereocenters. The van der Waals surface area contributed by atoms with Crippen LogP contribution in [0.2, 0.25) is 0 Å². The van der Waals surface area contributed by atoms with Crippen molar-refractivity contribution < 1.29 is 14.8 Å². The van der Waals surface area contributed by atoms with E-state index in [1.54, 1.807) is 21.8 Å². The monoisotopic (exact) mass is 240 g/mol. The number of nitrogens with one attached hydrogen (secondary N) is 1. The van der Waals surface area contributed by atoms with Gasteiger partial charge in [-0.25, -0.2) is 5.48 Å². The van der Waals surface area contributed by atoms with Crippen molar-refractivity contribution in [2.75, 3.05) is 13.1 Å². The molecule has 1 aliphatic heterocycles. The summed E-state index contributed by atoms with van der Waals surface area (Å²) in [6.45, 7) is 1.49. The molecule has 0 radical (unpaired) electrons. The van der Waals surface area contributed by atoms with E-state index >= 15 is 0 Å². The number of carbonyl (C=O) groups excluding carboxylic acids is 2. The number of hydrogen-bond donors (Lipinski definition) is 2. The van der Waals surface area contributed by atoms with Crippen LogP contribution in [0, 0.1) is 0 Å². The zero-order valence-corrected chi connectivity index (χ0v) is 9.42. The fraction of sp³-hybridized carbons (Fsp3) is 0.400. The summed E-state index contributed by atoms with van der Waals surface area (Å²) in [6.07, 6.45) is 2.02. The minimum Gasteiger partial charge on any atom is -0.339 e. The van der Waals surface area contributed by atoms with Crippen LogP contribution in [0.5, 0.6) is 0 Å². The standard InChI is InChI=1S/C10H12N2O3S/c13-9(11-15)8-7(3-6-16-8)10(14)12-4-1-2-5-12/h3,6,15H,1-2,4-5H2,(H,11,13). The highest BCUT2D eigenvalue weighted by atomic mass is 32.1. The summed E-state index contributed by atoms with van der Waals surface area (Å²) in [7, 11) is 0. The van der Waals surface area contributed by atoms with Crippen LogP contribution in [-0.2, 0) is 0 Å². The smallest absolute Gasteiger partial charge is 0.285 e. The zero-order valence-electron chi connectivity index (χ0n) is 8.60. The first kappa shape index (κ1) is 11.1. The molecule has 0 spiro atoms. The first-order valence-corrected chi connectivity index (χ1v) is 5.93. The molecule has 0 bridgehead atoms. The lowest BCUT2D eigenvalue weighted by atomic mass is 10.2. The van der Waals surface area contributed by atoms with Crippen LogP contribution in [0.3, 0.4) is 0 Å². The number of nitrogens with zero attached hydrogens (tertiary/aromatic N) is 1. The second-order valence-electron chi connectivity index (χ2n) is 3.60. The summed E-state index contributed by atoms with van der Waals surface area (Å²) in [5.74, 6) is -0.755. The summed E-state index contributed by atoms with van der Waals surface area (Å²) in [5, 5.41) is 10.2. The molecule has 2 N–H and O–H groups in total. The molecule has 1 saturated heterocycles. The largest absolute Gasteiger partial charge is 0.339 e. The van der Waals surface area contributed by atoms with Crippen LogP contribution in [0.15, 0.2) is 11.4 Å². The number of hydrogen-bond acceptors (Lipinski definition) is 4. The predicted octanol–water partition coefficient (Wildman–Crippen LogP) is 1.10. The van der Waals surface area contributed by atoms with Gasteiger partial charge in [0.25, 0.3) is 11.8 Å². The molecule has 86 valence electrons. The molecule has 5 nitrogen and oxygen atoms in total. The Kier molecular flexibility index (Phi) is 3.21. The van der Waals surface area contributed by atoms with Crippen LogP contribution >= 0.6 is 11.3 Å². The lowest BCUT2D eigenvalue weighted by Crippen LogP contribution is -2.29. The molecule has 2 amide bonds. The van der Waals surface area contributed by atoms with E-state index in [-0.39, 0.29) is 10.8 Å². The van der Waals surface area contributed by atoms with Crippen LogP contribution in [0.1, 0.15) is 32.9 Å². The second kappa shape index (κ2) is 4.63. The highest BCUT2D eigenvalue weighted by molar-refractivity contribution is 7.12. The van der Waals surface area contributed by atoms with Crippen LogP contribution < -0.4 is 5.48 Å². The van der Waals surface area contributed by atoms with E-state index in [9.17, 15) is 9.59 Å². The van der Waals surface area contributed by atoms with Crippen molar-refractivity contribution in [3.8, 4) is 0 Å². The van der Waals surface area contributed by atoms with E-state index in [2.05, 4.69) is 0 Å². The molecule has 1 aromatic rings. The summed E-state index contributed by atoms with van der Waals surface area (Å²) in [4.78, 5) is 25.3. The maximum absolute atomic E-state index is 12.0. The highest BCUT2D eigenvalue weighted by Gasteiger charge is 2.24. The number of amides is 2. The van der Waals surface area contributed by atoms with E-state index < -0.39 is 5.91 Å². The summed E-state index contributed by atoms with van der Waals surface area (Å²) in [6, 6.07) is 1.62. The van der Waals surface area contributed by atoms with Gasteiger partial charge in [0.2, 0.25) is 0 Å². The number of hydroxylamine groups is 1. The third kappa shape index (κ3) is 1.94. The lowest BCUT2D eigenvalue weighted by Gasteiger charge is -2.14. The average molecular weight is 240 g/mol. The predicted molar refractivity (Wildman–Crippen MR) is 58.7 cm³/mol. The van der Waals surface area contributed by atoms with Gasteiger partial charge in [-0.1, -0.05) is 0 Å². The van der Waals surface area contributed by atoms with Crippen molar-refractivity contribution in [1.29, 1.82) is 0 Å². The van der Waals surface area contributed by atoms with Crippen molar-refractivity contribution >= 4 is 23.2 Å². The molecule has 2 heterocycles. The van der Waals surface area contributed by atoms with E-state index in [1.165, 1.54) is 0 Å². The number of likely N-dealkylation sites (tertiary alicyclic amines) is 1. The zero-order chi connectivity index (χ0) is 11.5. The number of rotatable bonds is 2. The Morgan fingerprint density at radius 1 is 1.38 bits per heavy atom. The van der Waals surface area contributed by atoms with E-state index in [4.69, 9.17) is 5.21 Å². The van der Waals surface area contributed by atoms with Crippen molar-refractivity contribution in [3.05, 3.63) is 21.9 Å².